The Morgan fingerprint density at radius 1 is 1.03 bits per heavy atom. The summed E-state index contributed by atoms with van der Waals surface area (Å²) in [5.41, 5.74) is 3.24. The average molecular weight is 522 g/mol. The summed E-state index contributed by atoms with van der Waals surface area (Å²) >= 11 is 3.47. The molecule has 0 spiro atoms. The van der Waals surface area contributed by atoms with Gasteiger partial charge in [0.2, 0.25) is 12.6 Å². The number of allylic oxidation sites excluding steroid dienone is 1. The smallest absolute Gasteiger partial charge is 0.231 e. The number of carbonyl (C=O) groups is 1. The first-order valence-electron chi connectivity index (χ1n) is 10.8. The minimum Gasteiger partial charge on any atom is -0.496 e. The minimum absolute atomic E-state index is 0.160. The number of carbonyl (C=O) groups excluding carboxylic acids is 1. The van der Waals surface area contributed by atoms with Gasteiger partial charge in [0.15, 0.2) is 17.3 Å². The van der Waals surface area contributed by atoms with Crippen LogP contribution in [0.25, 0.3) is 6.08 Å². The highest BCUT2D eigenvalue weighted by Gasteiger charge is 2.34. The van der Waals surface area contributed by atoms with E-state index in [2.05, 4.69) is 20.8 Å². The molecule has 8 heteroatoms. The maximum atomic E-state index is 13.1. The van der Waals surface area contributed by atoms with Crippen LogP contribution in [0.15, 0.2) is 58.8 Å². The molecule has 3 aromatic rings. The van der Waals surface area contributed by atoms with Gasteiger partial charge in [-0.05, 0) is 54.1 Å². The number of halogens is 1. The van der Waals surface area contributed by atoms with Crippen LogP contribution in [-0.2, 0) is 13.1 Å². The Labute approximate surface area is 204 Å². The van der Waals surface area contributed by atoms with Crippen molar-refractivity contribution in [2.24, 2.45) is 0 Å². The molecular formula is C26H20BrNO6. The van der Waals surface area contributed by atoms with Crippen molar-refractivity contribution in [1.29, 1.82) is 0 Å². The van der Waals surface area contributed by atoms with Crippen molar-refractivity contribution < 1.29 is 28.5 Å². The lowest BCUT2D eigenvalue weighted by molar-refractivity contribution is 0.0872. The Bertz CT molecular complexity index is 1350. The summed E-state index contributed by atoms with van der Waals surface area (Å²) in [4.78, 5) is 15.3. The number of fused-ring (bicyclic) bond motifs is 4. The van der Waals surface area contributed by atoms with Gasteiger partial charge in [-0.15, -0.1) is 0 Å². The normalized spacial score (nSPS) is 17.2. The van der Waals surface area contributed by atoms with E-state index in [9.17, 15) is 4.79 Å². The van der Waals surface area contributed by atoms with Crippen molar-refractivity contribution in [1.82, 2.24) is 4.90 Å². The number of hydrogen-bond donors (Lipinski definition) is 0. The highest BCUT2D eigenvalue weighted by Crippen LogP contribution is 2.43. The molecule has 0 N–H and O–H groups in total. The van der Waals surface area contributed by atoms with E-state index in [-0.39, 0.29) is 18.3 Å². The van der Waals surface area contributed by atoms with Gasteiger partial charge in [0, 0.05) is 23.1 Å². The Kier molecular flexibility index (Phi) is 5.19. The van der Waals surface area contributed by atoms with Crippen molar-refractivity contribution in [3.63, 3.8) is 0 Å². The summed E-state index contributed by atoms with van der Waals surface area (Å²) in [6, 6.07) is 15.1. The number of hydrogen-bond acceptors (Lipinski definition) is 7. The fraction of sp³-hybridized carbons (Fsp3) is 0.192. The van der Waals surface area contributed by atoms with Crippen molar-refractivity contribution in [2.75, 3.05) is 20.6 Å². The van der Waals surface area contributed by atoms with Crippen LogP contribution < -0.4 is 23.7 Å². The van der Waals surface area contributed by atoms with Crippen LogP contribution in [0.2, 0.25) is 0 Å². The quantitative estimate of drug-likeness (QED) is 0.439. The summed E-state index contributed by atoms with van der Waals surface area (Å²) < 4.78 is 29.3. The van der Waals surface area contributed by atoms with Crippen LogP contribution in [0.1, 0.15) is 27.0 Å². The van der Waals surface area contributed by atoms with Gasteiger partial charge < -0.3 is 23.7 Å². The van der Waals surface area contributed by atoms with E-state index in [1.165, 1.54) is 0 Å². The molecule has 0 aromatic heterocycles. The SMILES string of the molecule is COc1ccc(Br)cc1/C=C1\Oc2c(ccc3c2CN(Cc2ccc4c(c2)OCO4)CO3)C1=O. The van der Waals surface area contributed by atoms with Gasteiger partial charge in [-0.2, -0.15) is 0 Å². The van der Waals surface area contributed by atoms with Gasteiger partial charge >= 0.3 is 0 Å². The third-order valence-electron chi connectivity index (χ3n) is 6.00. The van der Waals surface area contributed by atoms with E-state index in [0.717, 1.165) is 38.4 Å². The topological polar surface area (TPSA) is 66.5 Å². The second-order valence-corrected chi connectivity index (χ2v) is 9.11. The molecule has 0 unspecified atom stereocenters. The standard InChI is InChI=1S/C26H20BrNO6/c1-30-20-6-3-17(27)9-16(20)10-24-25(29)18-4-7-21-19(26(18)34-24)12-28(13-31-21)11-15-2-5-22-23(8-15)33-14-32-22/h2-10H,11-14H2,1H3/b24-10-. The van der Waals surface area contributed by atoms with Gasteiger partial charge in [-0.25, -0.2) is 0 Å². The number of ether oxygens (including phenoxy) is 5. The number of benzene rings is 3. The van der Waals surface area contributed by atoms with Crippen LogP contribution >= 0.6 is 15.9 Å². The summed E-state index contributed by atoms with van der Waals surface area (Å²) in [5.74, 6) is 3.55. The zero-order valence-corrected chi connectivity index (χ0v) is 19.9. The maximum Gasteiger partial charge on any atom is 0.231 e. The molecule has 0 saturated heterocycles. The molecule has 7 nitrogen and oxygen atoms in total. The van der Waals surface area contributed by atoms with Gasteiger partial charge in [0.25, 0.3) is 0 Å². The fourth-order valence-electron chi connectivity index (χ4n) is 4.36. The number of rotatable bonds is 4. The predicted octanol–water partition coefficient (Wildman–Crippen LogP) is 5.15. The van der Waals surface area contributed by atoms with Crippen LogP contribution in [0.4, 0.5) is 0 Å². The Morgan fingerprint density at radius 2 is 1.88 bits per heavy atom. The van der Waals surface area contributed by atoms with Crippen LogP contribution in [0, 0.1) is 0 Å². The highest BCUT2D eigenvalue weighted by molar-refractivity contribution is 9.10. The van der Waals surface area contributed by atoms with E-state index < -0.39 is 0 Å². The molecule has 0 fully saturated rings. The molecule has 3 aromatic carbocycles. The summed E-state index contributed by atoms with van der Waals surface area (Å²) in [5, 5.41) is 0. The maximum absolute atomic E-state index is 13.1. The van der Waals surface area contributed by atoms with E-state index in [1.807, 2.05) is 42.5 Å². The first kappa shape index (κ1) is 21.1. The van der Waals surface area contributed by atoms with E-state index >= 15 is 0 Å². The average Bonchev–Trinajstić information content (AvgIpc) is 3.43. The molecule has 0 bridgehead atoms. The summed E-state index contributed by atoms with van der Waals surface area (Å²) in [6.07, 6.45) is 1.71. The summed E-state index contributed by atoms with van der Waals surface area (Å²) in [7, 11) is 1.60. The molecule has 0 aliphatic carbocycles. The molecule has 6 rings (SSSR count). The lowest BCUT2D eigenvalue weighted by Crippen LogP contribution is -2.31. The first-order chi connectivity index (χ1) is 16.6. The van der Waals surface area contributed by atoms with Crippen molar-refractivity contribution in [3.05, 3.63) is 81.0 Å². The third kappa shape index (κ3) is 3.69. The molecule has 172 valence electrons. The Morgan fingerprint density at radius 3 is 2.76 bits per heavy atom. The molecule has 3 aliphatic heterocycles. The van der Waals surface area contributed by atoms with Crippen LogP contribution in [0.5, 0.6) is 28.7 Å². The molecule has 0 atom stereocenters. The molecule has 3 aliphatic rings. The monoisotopic (exact) mass is 521 g/mol. The van der Waals surface area contributed by atoms with Gasteiger partial charge in [-0.3, -0.25) is 9.69 Å². The predicted molar refractivity (Wildman–Crippen MR) is 127 cm³/mol. The van der Waals surface area contributed by atoms with Crippen molar-refractivity contribution >= 4 is 27.8 Å². The molecule has 34 heavy (non-hydrogen) atoms. The Balaban J connectivity index is 1.27. The van der Waals surface area contributed by atoms with E-state index in [0.29, 0.717) is 36.9 Å². The van der Waals surface area contributed by atoms with Crippen molar-refractivity contribution in [3.8, 4) is 28.7 Å². The highest BCUT2D eigenvalue weighted by atomic mass is 79.9. The molecular weight excluding hydrogens is 502 g/mol. The zero-order chi connectivity index (χ0) is 23.2. The fourth-order valence-corrected chi connectivity index (χ4v) is 4.74. The first-order valence-corrected chi connectivity index (χ1v) is 11.6. The number of ketones is 1. The van der Waals surface area contributed by atoms with Gasteiger partial charge in [-0.1, -0.05) is 22.0 Å². The van der Waals surface area contributed by atoms with Gasteiger partial charge in [0.05, 0.1) is 18.2 Å². The zero-order valence-electron chi connectivity index (χ0n) is 18.3. The van der Waals surface area contributed by atoms with Gasteiger partial charge in [0.1, 0.15) is 24.0 Å². The largest absolute Gasteiger partial charge is 0.496 e. The lowest BCUT2D eigenvalue weighted by Gasteiger charge is -2.29. The third-order valence-corrected chi connectivity index (χ3v) is 6.50. The second-order valence-electron chi connectivity index (χ2n) is 8.19. The number of methoxy groups -OCH3 is 1. The molecule has 3 heterocycles. The van der Waals surface area contributed by atoms with Crippen LogP contribution in [0.3, 0.4) is 0 Å². The van der Waals surface area contributed by atoms with E-state index in [1.54, 1.807) is 19.3 Å². The number of nitrogens with zero attached hydrogens (tertiary/aromatic N) is 1. The lowest BCUT2D eigenvalue weighted by atomic mass is 10.0. The molecule has 0 saturated carbocycles. The molecule has 0 amide bonds. The van der Waals surface area contributed by atoms with E-state index in [4.69, 9.17) is 23.7 Å². The minimum atomic E-state index is -0.160. The van der Waals surface area contributed by atoms with Crippen LogP contribution in [-0.4, -0.2) is 31.3 Å². The second kappa shape index (κ2) is 8.38. The summed E-state index contributed by atoms with van der Waals surface area (Å²) in [6.45, 7) is 1.93. The molecule has 0 radical (unpaired) electrons. The number of Topliss-reactive ketones (excluding diaryl/α,β-unsaturated/α-hetero) is 1. The Hall–Kier alpha value is -3.49. The van der Waals surface area contributed by atoms with Crippen molar-refractivity contribution in [2.45, 2.75) is 13.1 Å².